The van der Waals surface area contributed by atoms with Crippen molar-refractivity contribution in [3.63, 3.8) is 0 Å². The molecular weight excluding hydrogens is 401 g/mol. The quantitative estimate of drug-likeness (QED) is 0.469. The van der Waals surface area contributed by atoms with Gasteiger partial charge in [0.2, 0.25) is 0 Å². The van der Waals surface area contributed by atoms with E-state index in [0.29, 0.717) is 17.3 Å². The third-order valence-electron chi connectivity index (χ3n) is 5.40. The van der Waals surface area contributed by atoms with Crippen LogP contribution in [-0.2, 0) is 6.54 Å². The highest BCUT2D eigenvalue weighted by molar-refractivity contribution is 6.31. The lowest BCUT2D eigenvalue weighted by Crippen LogP contribution is -2.29. The van der Waals surface area contributed by atoms with Gasteiger partial charge in [-0.3, -0.25) is 9.89 Å². The third-order valence-corrected chi connectivity index (χ3v) is 5.76. The number of rotatable bonds is 4. The molecule has 1 aliphatic rings. The van der Waals surface area contributed by atoms with Crippen molar-refractivity contribution in [2.45, 2.75) is 12.6 Å². The summed E-state index contributed by atoms with van der Waals surface area (Å²) >= 11 is 6.37. The zero-order valence-electron chi connectivity index (χ0n) is 15.8. The first-order valence-corrected chi connectivity index (χ1v) is 9.95. The molecule has 1 amide bonds. The standard InChI is InChI=1S/C24H17ClFN3O/c25-19-9-5-4-8-17(19)14-29-23(16-10-12-18(26)13-11-16)20-21(15-6-2-1-3-7-15)27-28-22(20)24(29)30/h1-13,23H,14H2,(H,27,28). The fourth-order valence-electron chi connectivity index (χ4n) is 3.98. The van der Waals surface area contributed by atoms with Gasteiger partial charge in [-0.1, -0.05) is 72.3 Å². The summed E-state index contributed by atoms with van der Waals surface area (Å²) in [5, 5.41) is 7.96. The summed E-state index contributed by atoms with van der Waals surface area (Å²) in [5.41, 5.74) is 4.54. The number of hydrogen-bond donors (Lipinski definition) is 1. The molecule has 0 saturated heterocycles. The Morgan fingerprint density at radius 3 is 2.40 bits per heavy atom. The fourth-order valence-corrected chi connectivity index (χ4v) is 4.17. The summed E-state index contributed by atoms with van der Waals surface area (Å²) < 4.78 is 13.6. The molecule has 1 unspecified atom stereocenters. The van der Waals surface area contributed by atoms with E-state index in [9.17, 15) is 9.18 Å². The number of aromatic nitrogens is 2. The number of carbonyl (C=O) groups excluding carboxylic acids is 1. The minimum Gasteiger partial charge on any atom is -0.322 e. The lowest BCUT2D eigenvalue weighted by atomic mass is 9.96. The highest BCUT2D eigenvalue weighted by Gasteiger charge is 2.42. The Morgan fingerprint density at radius 1 is 0.967 bits per heavy atom. The van der Waals surface area contributed by atoms with Crippen molar-refractivity contribution in [3.8, 4) is 11.3 Å². The van der Waals surface area contributed by atoms with E-state index in [-0.39, 0.29) is 11.7 Å². The van der Waals surface area contributed by atoms with E-state index < -0.39 is 6.04 Å². The molecule has 30 heavy (non-hydrogen) atoms. The predicted molar refractivity (Wildman–Crippen MR) is 114 cm³/mol. The molecule has 0 bridgehead atoms. The number of fused-ring (bicyclic) bond motifs is 1. The molecule has 5 rings (SSSR count). The largest absolute Gasteiger partial charge is 0.322 e. The van der Waals surface area contributed by atoms with E-state index in [0.717, 1.165) is 27.9 Å². The van der Waals surface area contributed by atoms with Crippen molar-refractivity contribution in [1.82, 2.24) is 15.1 Å². The zero-order valence-corrected chi connectivity index (χ0v) is 16.6. The van der Waals surface area contributed by atoms with Crippen molar-refractivity contribution in [2.75, 3.05) is 0 Å². The molecular formula is C24H17ClFN3O. The number of amides is 1. The van der Waals surface area contributed by atoms with Crippen LogP contribution in [0.2, 0.25) is 5.02 Å². The molecule has 1 atom stereocenters. The van der Waals surface area contributed by atoms with Crippen LogP contribution in [0.3, 0.4) is 0 Å². The molecule has 3 aromatic carbocycles. The average molecular weight is 418 g/mol. The number of H-pyrrole nitrogens is 1. The minimum absolute atomic E-state index is 0.158. The van der Waals surface area contributed by atoms with Gasteiger partial charge >= 0.3 is 0 Å². The molecule has 148 valence electrons. The number of hydrogen-bond acceptors (Lipinski definition) is 2. The normalized spacial score (nSPS) is 15.5. The highest BCUT2D eigenvalue weighted by atomic mass is 35.5. The Labute approximate surface area is 177 Å². The van der Waals surface area contributed by atoms with Crippen LogP contribution in [0, 0.1) is 5.82 Å². The number of halogens is 2. The zero-order chi connectivity index (χ0) is 20.7. The van der Waals surface area contributed by atoms with Gasteiger partial charge in [0.25, 0.3) is 5.91 Å². The van der Waals surface area contributed by atoms with E-state index in [1.54, 1.807) is 23.1 Å². The molecule has 0 fully saturated rings. The van der Waals surface area contributed by atoms with Gasteiger partial charge in [0.15, 0.2) is 0 Å². The minimum atomic E-state index is -0.404. The van der Waals surface area contributed by atoms with Crippen LogP contribution in [-0.4, -0.2) is 21.0 Å². The average Bonchev–Trinajstić information content (AvgIpc) is 3.31. The Morgan fingerprint density at radius 2 is 1.67 bits per heavy atom. The molecule has 2 heterocycles. The first-order valence-electron chi connectivity index (χ1n) is 9.57. The molecule has 1 aromatic heterocycles. The summed E-state index contributed by atoms with van der Waals surface area (Å²) in [5.74, 6) is -0.481. The molecule has 6 heteroatoms. The van der Waals surface area contributed by atoms with Gasteiger partial charge < -0.3 is 4.90 Å². The lowest BCUT2D eigenvalue weighted by molar-refractivity contribution is 0.0730. The van der Waals surface area contributed by atoms with Gasteiger partial charge in [0.05, 0.1) is 11.7 Å². The maximum atomic E-state index is 13.6. The maximum Gasteiger partial charge on any atom is 0.273 e. The van der Waals surface area contributed by atoms with Crippen LogP contribution >= 0.6 is 11.6 Å². The molecule has 0 aliphatic carbocycles. The van der Waals surface area contributed by atoms with Crippen molar-refractivity contribution >= 4 is 17.5 Å². The van der Waals surface area contributed by atoms with Gasteiger partial charge in [-0.05, 0) is 29.3 Å². The summed E-state index contributed by atoms with van der Waals surface area (Å²) in [4.78, 5) is 15.1. The smallest absolute Gasteiger partial charge is 0.273 e. The lowest BCUT2D eigenvalue weighted by Gasteiger charge is -2.27. The summed E-state index contributed by atoms with van der Waals surface area (Å²) in [6.07, 6.45) is 0. The van der Waals surface area contributed by atoms with Crippen LogP contribution in [0.4, 0.5) is 4.39 Å². The number of nitrogens with zero attached hydrogens (tertiary/aromatic N) is 2. The first kappa shape index (κ1) is 18.6. The summed E-state index contributed by atoms with van der Waals surface area (Å²) in [6.45, 7) is 0.331. The van der Waals surface area contributed by atoms with E-state index in [1.807, 2.05) is 48.5 Å². The predicted octanol–water partition coefficient (Wildman–Crippen LogP) is 5.61. The van der Waals surface area contributed by atoms with Crippen LogP contribution in [0.15, 0.2) is 78.9 Å². The van der Waals surface area contributed by atoms with Crippen molar-refractivity contribution in [1.29, 1.82) is 0 Å². The topological polar surface area (TPSA) is 49.0 Å². The molecule has 0 radical (unpaired) electrons. The second kappa shape index (κ2) is 7.43. The van der Waals surface area contributed by atoms with E-state index in [1.165, 1.54) is 12.1 Å². The Bertz CT molecular complexity index is 1220. The van der Waals surface area contributed by atoms with Crippen LogP contribution in [0.1, 0.15) is 33.2 Å². The van der Waals surface area contributed by atoms with Gasteiger partial charge in [-0.2, -0.15) is 5.10 Å². The second-order valence-corrected chi connectivity index (χ2v) is 7.61. The Hall–Kier alpha value is -3.44. The van der Waals surface area contributed by atoms with E-state index in [2.05, 4.69) is 10.2 Å². The third kappa shape index (κ3) is 3.08. The highest BCUT2D eigenvalue weighted by Crippen LogP contribution is 2.43. The monoisotopic (exact) mass is 417 g/mol. The van der Waals surface area contributed by atoms with Gasteiger partial charge in [-0.25, -0.2) is 4.39 Å². The Balaban J connectivity index is 1.66. The molecule has 4 aromatic rings. The second-order valence-electron chi connectivity index (χ2n) is 7.21. The van der Waals surface area contributed by atoms with Crippen LogP contribution in [0.25, 0.3) is 11.3 Å². The molecule has 4 nitrogen and oxygen atoms in total. The molecule has 0 saturated carbocycles. The van der Waals surface area contributed by atoms with Crippen molar-refractivity contribution < 1.29 is 9.18 Å². The van der Waals surface area contributed by atoms with Gasteiger partial charge in [0, 0.05) is 22.7 Å². The molecule has 1 aliphatic heterocycles. The SMILES string of the molecule is O=C1c2[nH]nc(-c3ccccc3)c2C(c2ccc(F)cc2)N1Cc1ccccc1Cl. The van der Waals surface area contributed by atoms with Gasteiger partial charge in [-0.15, -0.1) is 0 Å². The number of benzene rings is 3. The number of nitrogens with one attached hydrogen (secondary N) is 1. The van der Waals surface area contributed by atoms with Crippen LogP contribution in [0.5, 0.6) is 0 Å². The van der Waals surface area contributed by atoms with Crippen molar-refractivity contribution in [2.24, 2.45) is 0 Å². The van der Waals surface area contributed by atoms with E-state index >= 15 is 0 Å². The van der Waals surface area contributed by atoms with E-state index in [4.69, 9.17) is 11.6 Å². The number of carbonyl (C=O) groups is 1. The Kier molecular flexibility index (Phi) is 4.60. The fraction of sp³-hybridized carbons (Fsp3) is 0.0833. The van der Waals surface area contributed by atoms with Gasteiger partial charge in [0.1, 0.15) is 11.5 Å². The van der Waals surface area contributed by atoms with Crippen molar-refractivity contribution in [3.05, 3.63) is 112 Å². The summed E-state index contributed by atoms with van der Waals surface area (Å²) in [6, 6.07) is 23.0. The van der Waals surface area contributed by atoms with Crippen LogP contribution < -0.4 is 0 Å². The first-order chi connectivity index (χ1) is 14.6. The number of aromatic amines is 1. The molecule has 1 N–H and O–H groups in total. The maximum absolute atomic E-state index is 13.6. The summed E-state index contributed by atoms with van der Waals surface area (Å²) in [7, 11) is 0. The molecule has 0 spiro atoms.